The highest BCUT2D eigenvalue weighted by Crippen LogP contribution is 2.22. The molecular weight excluding hydrogens is 184 g/mol. The van der Waals surface area contributed by atoms with Crippen molar-refractivity contribution >= 4 is 10.9 Å². The molecule has 0 unspecified atom stereocenters. The molecule has 0 aliphatic rings. The van der Waals surface area contributed by atoms with Gasteiger partial charge in [-0.3, -0.25) is 4.98 Å². The maximum absolute atomic E-state index is 4.13. The molecule has 0 bridgehead atoms. The van der Waals surface area contributed by atoms with Gasteiger partial charge in [0.05, 0.1) is 11.7 Å². The number of hydrogen-bond donors (Lipinski definition) is 0. The van der Waals surface area contributed by atoms with E-state index in [-0.39, 0.29) is 0 Å². The van der Waals surface area contributed by atoms with Gasteiger partial charge >= 0.3 is 0 Å². The van der Waals surface area contributed by atoms with E-state index in [1.807, 2.05) is 26.2 Å². The number of aryl methyl sites for hydroxylation is 1. The van der Waals surface area contributed by atoms with E-state index < -0.39 is 0 Å². The molecule has 82 valence electrons. The molecule has 0 atom stereocenters. The minimum Gasteiger partial charge on any atom is -0.346 e. The molecule has 2 aromatic heterocycles. The molecule has 2 nitrogen and oxygen atoms in total. The first-order chi connectivity index (χ1) is 7.20. The Morgan fingerprint density at radius 3 is 2.47 bits per heavy atom. The second-order valence-corrected chi connectivity index (χ2v) is 3.72. The van der Waals surface area contributed by atoms with Crippen LogP contribution >= 0.6 is 0 Å². The van der Waals surface area contributed by atoms with Gasteiger partial charge < -0.3 is 4.57 Å². The summed E-state index contributed by atoms with van der Waals surface area (Å²) >= 11 is 0. The van der Waals surface area contributed by atoms with Crippen molar-refractivity contribution in [2.24, 2.45) is 7.05 Å². The Balaban J connectivity index is 0.000000531. The van der Waals surface area contributed by atoms with Crippen molar-refractivity contribution in [3.05, 3.63) is 30.2 Å². The smallest absolute Gasteiger partial charge is 0.0666 e. The van der Waals surface area contributed by atoms with E-state index in [9.17, 15) is 0 Å². The predicted molar refractivity (Wildman–Crippen MR) is 66.2 cm³/mol. The average Bonchev–Trinajstić information content (AvgIpc) is 2.60. The van der Waals surface area contributed by atoms with E-state index in [0.717, 1.165) is 0 Å². The highest BCUT2D eigenvalue weighted by atomic mass is 15.0. The lowest BCUT2D eigenvalue weighted by Gasteiger charge is -2.06. The fourth-order valence-corrected chi connectivity index (χ4v) is 1.75. The zero-order valence-electron chi connectivity index (χ0n) is 10.3. The van der Waals surface area contributed by atoms with E-state index in [2.05, 4.69) is 42.6 Å². The lowest BCUT2D eigenvalue weighted by atomic mass is 10.1. The lowest BCUT2D eigenvalue weighted by molar-refractivity contribution is 0.755. The second-order valence-electron chi connectivity index (χ2n) is 3.72. The summed E-state index contributed by atoms with van der Waals surface area (Å²) < 4.78 is 2.22. The van der Waals surface area contributed by atoms with Gasteiger partial charge in [-0.15, -0.1) is 0 Å². The SMILES string of the molecule is CC.CC(C)c1cc2ccncc2n1C. The molecule has 0 aliphatic carbocycles. The third-order valence-electron chi connectivity index (χ3n) is 2.48. The second kappa shape index (κ2) is 4.96. The van der Waals surface area contributed by atoms with Crippen LogP contribution in [0.5, 0.6) is 0 Å². The van der Waals surface area contributed by atoms with Crippen LogP contribution in [0.25, 0.3) is 10.9 Å². The van der Waals surface area contributed by atoms with Crippen molar-refractivity contribution < 1.29 is 0 Å². The molecule has 2 heteroatoms. The number of fused-ring (bicyclic) bond motifs is 1. The van der Waals surface area contributed by atoms with Gasteiger partial charge in [0, 0.05) is 24.3 Å². The van der Waals surface area contributed by atoms with Gasteiger partial charge in [-0.1, -0.05) is 27.7 Å². The quantitative estimate of drug-likeness (QED) is 0.692. The van der Waals surface area contributed by atoms with Crippen molar-refractivity contribution in [3.63, 3.8) is 0 Å². The Hall–Kier alpha value is -1.31. The third kappa shape index (κ3) is 2.20. The van der Waals surface area contributed by atoms with Crippen LogP contribution < -0.4 is 0 Å². The highest BCUT2D eigenvalue weighted by Gasteiger charge is 2.07. The molecule has 0 spiro atoms. The third-order valence-corrected chi connectivity index (χ3v) is 2.48. The van der Waals surface area contributed by atoms with Crippen LogP contribution in [-0.2, 0) is 7.05 Å². The summed E-state index contributed by atoms with van der Waals surface area (Å²) in [6.45, 7) is 8.42. The molecule has 0 N–H and O–H groups in total. The number of rotatable bonds is 1. The van der Waals surface area contributed by atoms with E-state index in [0.29, 0.717) is 5.92 Å². The van der Waals surface area contributed by atoms with Crippen molar-refractivity contribution in [1.29, 1.82) is 0 Å². The molecule has 2 heterocycles. The Labute approximate surface area is 91.9 Å². The largest absolute Gasteiger partial charge is 0.346 e. The van der Waals surface area contributed by atoms with E-state index >= 15 is 0 Å². The molecule has 2 aromatic rings. The van der Waals surface area contributed by atoms with E-state index in [1.165, 1.54) is 16.6 Å². The van der Waals surface area contributed by atoms with Gasteiger partial charge in [0.15, 0.2) is 0 Å². The van der Waals surface area contributed by atoms with Gasteiger partial charge in [-0.2, -0.15) is 0 Å². The molecule has 2 rings (SSSR count). The van der Waals surface area contributed by atoms with Gasteiger partial charge in [0.2, 0.25) is 0 Å². The summed E-state index contributed by atoms with van der Waals surface area (Å²) in [5, 5.41) is 1.28. The Kier molecular flexibility index (Phi) is 3.89. The first kappa shape index (κ1) is 11.8. The van der Waals surface area contributed by atoms with E-state index in [4.69, 9.17) is 0 Å². The average molecular weight is 204 g/mol. The number of aromatic nitrogens is 2. The highest BCUT2D eigenvalue weighted by molar-refractivity contribution is 5.80. The van der Waals surface area contributed by atoms with Crippen molar-refractivity contribution in [1.82, 2.24) is 9.55 Å². The molecule has 0 aromatic carbocycles. The zero-order valence-corrected chi connectivity index (χ0v) is 10.3. The molecule has 0 aliphatic heterocycles. The summed E-state index contributed by atoms with van der Waals surface area (Å²) in [5.74, 6) is 0.567. The standard InChI is InChI=1S/C11H14N2.C2H6/c1-8(2)10-6-9-4-5-12-7-11(9)13(10)3;1-2/h4-8H,1-3H3;1-2H3. The minimum atomic E-state index is 0.567. The fourth-order valence-electron chi connectivity index (χ4n) is 1.75. The first-order valence-electron chi connectivity index (χ1n) is 5.59. The Bertz CT molecular complexity index is 427. The van der Waals surface area contributed by atoms with Crippen LogP contribution in [0.2, 0.25) is 0 Å². The molecule has 15 heavy (non-hydrogen) atoms. The summed E-state index contributed by atoms with van der Waals surface area (Å²) in [6, 6.07) is 4.29. The first-order valence-corrected chi connectivity index (χ1v) is 5.59. The topological polar surface area (TPSA) is 17.8 Å². The van der Waals surface area contributed by atoms with Crippen LogP contribution in [0.15, 0.2) is 24.5 Å². The van der Waals surface area contributed by atoms with Crippen molar-refractivity contribution in [3.8, 4) is 0 Å². The van der Waals surface area contributed by atoms with Crippen LogP contribution in [0.1, 0.15) is 39.3 Å². The van der Waals surface area contributed by atoms with Gasteiger partial charge in [0.1, 0.15) is 0 Å². The van der Waals surface area contributed by atoms with Crippen LogP contribution in [0.3, 0.4) is 0 Å². The molecule has 0 fully saturated rings. The molecule has 0 saturated heterocycles. The summed E-state index contributed by atoms with van der Waals surface area (Å²) in [7, 11) is 2.10. The Morgan fingerprint density at radius 2 is 1.93 bits per heavy atom. The minimum absolute atomic E-state index is 0.567. The van der Waals surface area contributed by atoms with Crippen LogP contribution in [0, 0.1) is 0 Å². The number of nitrogens with zero attached hydrogens (tertiary/aromatic N) is 2. The van der Waals surface area contributed by atoms with E-state index in [1.54, 1.807) is 0 Å². The van der Waals surface area contributed by atoms with Gasteiger partial charge in [0.25, 0.3) is 0 Å². The lowest BCUT2D eigenvalue weighted by Crippen LogP contribution is -1.97. The number of pyridine rings is 1. The zero-order chi connectivity index (χ0) is 11.4. The van der Waals surface area contributed by atoms with Crippen LogP contribution in [0.4, 0.5) is 0 Å². The normalized spacial score (nSPS) is 10.3. The summed E-state index contributed by atoms with van der Waals surface area (Å²) in [6.07, 6.45) is 3.76. The van der Waals surface area contributed by atoms with Gasteiger partial charge in [-0.25, -0.2) is 0 Å². The fraction of sp³-hybridized carbons (Fsp3) is 0.462. The van der Waals surface area contributed by atoms with Crippen LogP contribution in [-0.4, -0.2) is 9.55 Å². The maximum atomic E-state index is 4.13. The predicted octanol–water partition coefficient (Wildman–Crippen LogP) is 3.72. The molecule has 0 saturated carbocycles. The molecular formula is C13H20N2. The maximum Gasteiger partial charge on any atom is 0.0666 e. The molecule has 0 radical (unpaired) electrons. The van der Waals surface area contributed by atoms with Crippen molar-refractivity contribution in [2.45, 2.75) is 33.6 Å². The number of hydrogen-bond acceptors (Lipinski definition) is 1. The Morgan fingerprint density at radius 1 is 1.27 bits per heavy atom. The molecule has 0 amide bonds. The summed E-state index contributed by atoms with van der Waals surface area (Å²) in [4.78, 5) is 4.13. The van der Waals surface area contributed by atoms with Crippen molar-refractivity contribution in [2.75, 3.05) is 0 Å². The summed E-state index contributed by atoms with van der Waals surface area (Å²) in [5.41, 5.74) is 2.58. The van der Waals surface area contributed by atoms with Gasteiger partial charge in [-0.05, 0) is 18.1 Å². The monoisotopic (exact) mass is 204 g/mol.